The lowest BCUT2D eigenvalue weighted by Crippen LogP contribution is -2.27. The molecule has 6 heteroatoms. The van der Waals surface area contributed by atoms with Crippen LogP contribution in [0.3, 0.4) is 0 Å². The van der Waals surface area contributed by atoms with Crippen LogP contribution in [0.15, 0.2) is 30.3 Å². The summed E-state index contributed by atoms with van der Waals surface area (Å²) in [6.07, 6.45) is 0.717. The number of carbonyl (C=O) groups is 1. The minimum Gasteiger partial charge on any atom is -0.354 e. The summed E-state index contributed by atoms with van der Waals surface area (Å²) in [6.45, 7) is 7.35. The quantitative estimate of drug-likeness (QED) is 0.805. The van der Waals surface area contributed by atoms with Crippen molar-refractivity contribution in [1.29, 1.82) is 0 Å². The third kappa shape index (κ3) is 5.81. The van der Waals surface area contributed by atoms with Crippen molar-refractivity contribution in [3.8, 4) is 0 Å². The second-order valence-corrected chi connectivity index (χ2v) is 6.57. The molecule has 1 aromatic heterocycles. The highest BCUT2D eigenvalue weighted by Gasteiger charge is 2.10. The summed E-state index contributed by atoms with van der Waals surface area (Å²) in [7, 11) is 0. The molecule has 1 amide bonds. The maximum Gasteiger partial charge on any atom is 0.270 e. The molecule has 2 N–H and O–H groups in total. The molecule has 2 rings (SSSR count). The zero-order chi connectivity index (χ0) is 17.5. The van der Waals surface area contributed by atoms with Crippen LogP contribution in [0.5, 0.6) is 0 Å². The number of hydrogen-bond donors (Lipinski definition) is 2. The lowest BCUT2D eigenvalue weighted by Gasteiger charge is -2.10. The van der Waals surface area contributed by atoms with Crippen molar-refractivity contribution in [2.45, 2.75) is 27.2 Å². The highest BCUT2D eigenvalue weighted by molar-refractivity contribution is 6.30. The first-order valence-electron chi connectivity index (χ1n) is 8.06. The van der Waals surface area contributed by atoms with Crippen LogP contribution in [0.1, 0.15) is 35.6 Å². The van der Waals surface area contributed by atoms with Gasteiger partial charge in [0.1, 0.15) is 5.69 Å². The number of anilines is 1. The number of nitrogens with one attached hydrogen (secondary N) is 2. The monoisotopic (exact) mass is 346 g/mol. The number of carbonyl (C=O) groups excluding carboxylic acids is 1. The largest absolute Gasteiger partial charge is 0.354 e. The Bertz CT molecular complexity index is 703. The Hall–Kier alpha value is -2.14. The Morgan fingerprint density at radius 1 is 1.25 bits per heavy atom. The van der Waals surface area contributed by atoms with Crippen molar-refractivity contribution in [3.63, 3.8) is 0 Å². The van der Waals surface area contributed by atoms with Gasteiger partial charge in [-0.1, -0.05) is 37.6 Å². The van der Waals surface area contributed by atoms with E-state index in [9.17, 15) is 4.79 Å². The molecule has 24 heavy (non-hydrogen) atoms. The lowest BCUT2D eigenvalue weighted by molar-refractivity contribution is 0.0949. The molecule has 0 saturated heterocycles. The van der Waals surface area contributed by atoms with Gasteiger partial charge >= 0.3 is 0 Å². The zero-order valence-electron chi connectivity index (χ0n) is 14.3. The molecule has 0 aliphatic rings. The summed E-state index contributed by atoms with van der Waals surface area (Å²) in [6, 6.07) is 9.31. The molecule has 0 aliphatic heterocycles. The van der Waals surface area contributed by atoms with Gasteiger partial charge in [-0.05, 0) is 43.0 Å². The van der Waals surface area contributed by atoms with Gasteiger partial charge in [0.2, 0.25) is 5.95 Å². The predicted molar refractivity (Wildman–Crippen MR) is 97.6 cm³/mol. The zero-order valence-corrected chi connectivity index (χ0v) is 15.0. The summed E-state index contributed by atoms with van der Waals surface area (Å²) < 4.78 is 0. The number of aryl methyl sites for hydroxylation is 1. The third-order valence-electron chi connectivity index (χ3n) is 3.34. The molecular weight excluding hydrogens is 324 g/mol. The van der Waals surface area contributed by atoms with Gasteiger partial charge in [0.05, 0.1) is 0 Å². The van der Waals surface area contributed by atoms with E-state index in [0.717, 1.165) is 24.2 Å². The van der Waals surface area contributed by atoms with Crippen LogP contribution in [0.2, 0.25) is 5.02 Å². The van der Waals surface area contributed by atoms with E-state index in [4.69, 9.17) is 11.6 Å². The van der Waals surface area contributed by atoms with Gasteiger partial charge in [-0.25, -0.2) is 9.97 Å². The molecule has 0 saturated carbocycles. The van der Waals surface area contributed by atoms with Crippen molar-refractivity contribution < 1.29 is 4.79 Å². The van der Waals surface area contributed by atoms with E-state index in [1.807, 2.05) is 31.2 Å². The Kier molecular flexibility index (Phi) is 6.55. The molecule has 0 unspecified atom stereocenters. The van der Waals surface area contributed by atoms with E-state index in [1.54, 1.807) is 6.07 Å². The summed E-state index contributed by atoms with van der Waals surface area (Å²) in [5, 5.41) is 6.74. The van der Waals surface area contributed by atoms with E-state index in [-0.39, 0.29) is 5.91 Å². The van der Waals surface area contributed by atoms with E-state index < -0.39 is 0 Å². The summed E-state index contributed by atoms with van der Waals surface area (Å²) in [4.78, 5) is 20.9. The van der Waals surface area contributed by atoms with Crippen LogP contribution in [0.25, 0.3) is 0 Å². The fourth-order valence-corrected chi connectivity index (χ4v) is 2.38. The fraction of sp³-hybridized carbons (Fsp3) is 0.389. The minimum absolute atomic E-state index is 0.199. The molecule has 0 radical (unpaired) electrons. The Morgan fingerprint density at radius 2 is 2.04 bits per heavy atom. The molecule has 0 atom stereocenters. The maximum absolute atomic E-state index is 12.3. The van der Waals surface area contributed by atoms with Crippen molar-refractivity contribution in [2.75, 3.05) is 18.4 Å². The average molecular weight is 347 g/mol. The lowest BCUT2D eigenvalue weighted by atomic mass is 10.1. The highest BCUT2D eigenvalue weighted by atomic mass is 35.5. The topological polar surface area (TPSA) is 66.9 Å². The predicted octanol–water partition coefficient (Wildman–Crippen LogP) is 3.48. The molecule has 2 aromatic rings. The minimum atomic E-state index is -0.199. The molecule has 0 spiro atoms. The Morgan fingerprint density at radius 3 is 2.75 bits per heavy atom. The van der Waals surface area contributed by atoms with Crippen LogP contribution >= 0.6 is 11.6 Å². The normalized spacial score (nSPS) is 10.7. The third-order valence-corrected chi connectivity index (χ3v) is 3.58. The van der Waals surface area contributed by atoms with Crippen molar-refractivity contribution in [1.82, 2.24) is 15.3 Å². The second-order valence-electron chi connectivity index (χ2n) is 6.13. The number of halogens is 1. The summed E-state index contributed by atoms with van der Waals surface area (Å²) >= 11 is 5.96. The molecular formula is C18H23ClN4O. The average Bonchev–Trinajstić information content (AvgIpc) is 2.52. The van der Waals surface area contributed by atoms with Crippen LogP contribution in [-0.4, -0.2) is 29.0 Å². The summed E-state index contributed by atoms with van der Waals surface area (Å²) in [5.74, 6) is 0.767. The maximum atomic E-state index is 12.3. The van der Waals surface area contributed by atoms with Crippen LogP contribution in [-0.2, 0) is 6.42 Å². The fourth-order valence-electron chi connectivity index (χ4n) is 2.16. The first-order chi connectivity index (χ1) is 11.4. The van der Waals surface area contributed by atoms with Crippen LogP contribution in [0.4, 0.5) is 5.95 Å². The van der Waals surface area contributed by atoms with E-state index in [1.165, 1.54) is 0 Å². The van der Waals surface area contributed by atoms with Gasteiger partial charge in [0, 0.05) is 23.8 Å². The highest BCUT2D eigenvalue weighted by Crippen LogP contribution is 2.11. The van der Waals surface area contributed by atoms with Crippen LogP contribution < -0.4 is 10.6 Å². The van der Waals surface area contributed by atoms with Crippen LogP contribution in [0, 0.1) is 12.8 Å². The molecule has 0 aliphatic carbocycles. The number of amides is 1. The summed E-state index contributed by atoms with van der Waals surface area (Å²) in [5.41, 5.74) is 2.22. The first-order valence-corrected chi connectivity index (χ1v) is 8.44. The number of rotatable bonds is 7. The molecule has 0 bridgehead atoms. The first kappa shape index (κ1) is 18.2. The number of aromatic nitrogens is 2. The van der Waals surface area contributed by atoms with Gasteiger partial charge < -0.3 is 10.6 Å². The Labute approximate surface area is 147 Å². The standard InChI is InChI=1S/C18H23ClN4O/c1-12(2)11-21-18-22-13(3)9-16(23-18)17(24)20-8-7-14-5-4-6-15(19)10-14/h4-6,9-10,12H,7-8,11H2,1-3H3,(H,20,24)(H,21,22,23). The molecule has 1 heterocycles. The number of nitrogens with zero attached hydrogens (tertiary/aromatic N) is 2. The van der Waals surface area contributed by atoms with Gasteiger partial charge in [-0.2, -0.15) is 0 Å². The molecule has 128 valence electrons. The van der Waals surface area contributed by atoms with Crippen molar-refractivity contribution >= 4 is 23.5 Å². The van der Waals surface area contributed by atoms with Gasteiger partial charge in [0.15, 0.2) is 0 Å². The SMILES string of the molecule is Cc1cc(C(=O)NCCc2cccc(Cl)c2)nc(NCC(C)C)n1. The van der Waals surface area contributed by atoms with Crippen molar-refractivity contribution in [3.05, 3.63) is 52.3 Å². The van der Waals surface area contributed by atoms with E-state index in [2.05, 4.69) is 34.4 Å². The van der Waals surface area contributed by atoms with E-state index in [0.29, 0.717) is 29.1 Å². The number of benzene rings is 1. The second kappa shape index (κ2) is 8.64. The Balaban J connectivity index is 1.93. The number of hydrogen-bond acceptors (Lipinski definition) is 4. The van der Waals surface area contributed by atoms with Crippen molar-refractivity contribution in [2.24, 2.45) is 5.92 Å². The van der Waals surface area contributed by atoms with E-state index >= 15 is 0 Å². The van der Waals surface area contributed by atoms with Gasteiger partial charge in [-0.3, -0.25) is 4.79 Å². The van der Waals surface area contributed by atoms with Gasteiger partial charge in [0.25, 0.3) is 5.91 Å². The van der Waals surface area contributed by atoms with Gasteiger partial charge in [-0.15, -0.1) is 0 Å². The molecule has 5 nitrogen and oxygen atoms in total. The molecule has 0 fully saturated rings. The smallest absolute Gasteiger partial charge is 0.270 e. The molecule has 1 aromatic carbocycles.